The number of hydrogen-bond donors (Lipinski definition) is 1. The molecule has 6 heteroatoms. The molecule has 4 nitrogen and oxygen atoms in total. The minimum absolute atomic E-state index is 0. The Bertz CT molecular complexity index is 804. The van der Waals surface area contributed by atoms with Crippen LogP contribution in [0.4, 0.5) is 10.5 Å². The molecule has 0 fully saturated rings. The van der Waals surface area contributed by atoms with E-state index in [-0.39, 0.29) is 19.0 Å². The van der Waals surface area contributed by atoms with Crippen LogP contribution in [0.3, 0.4) is 0 Å². The van der Waals surface area contributed by atoms with E-state index in [0.29, 0.717) is 5.69 Å². The molecule has 0 unspecified atom stereocenters. The summed E-state index contributed by atoms with van der Waals surface area (Å²) in [5.41, 5.74) is 1.64. The van der Waals surface area contributed by atoms with Gasteiger partial charge in [0, 0.05) is 27.6 Å². The first-order valence-corrected chi connectivity index (χ1v) is 7.52. The summed E-state index contributed by atoms with van der Waals surface area (Å²) in [6.07, 6.45) is 2.97. The van der Waals surface area contributed by atoms with Gasteiger partial charge in [-0.2, -0.15) is 0 Å². The largest absolute Gasteiger partial charge is 0.444 e. The topological polar surface area (TPSA) is 51.2 Å². The molecule has 1 heterocycles. The smallest absolute Gasteiger partial charge is 0.411 e. The summed E-state index contributed by atoms with van der Waals surface area (Å²) >= 11 is 3.37. The third kappa shape index (κ3) is 4.43. The lowest BCUT2D eigenvalue weighted by molar-refractivity contribution is 0.155. The molecule has 0 aliphatic heterocycles. The number of pyridine rings is 1. The molecule has 0 aliphatic carbocycles. The number of carbonyl (C=O) groups is 1. The number of benzene rings is 2. The van der Waals surface area contributed by atoms with Gasteiger partial charge in [-0.3, -0.25) is 10.3 Å². The molecule has 23 heavy (non-hydrogen) atoms. The lowest BCUT2D eigenvalue weighted by Crippen LogP contribution is -2.13. The summed E-state index contributed by atoms with van der Waals surface area (Å²) in [6, 6.07) is 15.1. The predicted molar refractivity (Wildman–Crippen MR) is 96.9 cm³/mol. The Morgan fingerprint density at radius 2 is 1.91 bits per heavy atom. The van der Waals surface area contributed by atoms with Crippen LogP contribution in [0, 0.1) is 0 Å². The van der Waals surface area contributed by atoms with Gasteiger partial charge in [-0.05, 0) is 29.8 Å². The summed E-state index contributed by atoms with van der Waals surface area (Å²) in [5, 5.41) is 4.66. The molecule has 0 saturated carbocycles. The molecule has 1 N–H and O–H groups in total. The SMILES string of the molecule is Cl.O=C(Nc1cccc2cnccc12)OCc1ccc(Br)cc1. The minimum atomic E-state index is -0.479. The Balaban J connectivity index is 0.00000192. The van der Waals surface area contributed by atoms with Crippen LogP contribution in [0.5, 0.6) is 0 Å². The molecule has 0 aliphatic rings. The maximum Gasteiger partial charge on any atom is 0.411 e. The lowest BCUT2D eigenvalue weighted by Gasteiger charge is -2.09. The molecule has 118 valence electrons. The van der Waals surface area contributed by atoms with Crippen molar-refractivity contribution in [3.63, 3.8) is 0 Å². The number of carbonyl (C=O) groups excluding carboxylic acids is 1. The van der Waals surface area contributed by atoms with Crippen LogP contribution in [-0.2, 0) is 11.3 Å². The van der Waals surface area contributed by atoms with E-state index < -0.39 is 6.09 Å². The summed E-state index contributed by atoms with van der Waals surface area (Å²) in [4.78, 5) is 16.0. The third-order valence-electron chi connectivity index (χ3n) is 3.20. The van der Waals surface area contributed by atoms with Crippen LogP contribution in [0.15, 0.2) is 65.4 Å². The standard InChI is InChI=1S/C17H13BrN2O2.ClH/c18-14-6-4-12(5-7-14)11-22-17(21)20-16-3-1-2-13-10-19-9-8-15(13)16;/h1-10H,11H2,(H,20,21);1H. The average Bonchev–Trinajstić information content (AvgIpc) is 2.55. The molecule has 1 amide bonds. The van der Waals surface area contributed by atoms with Crippen molar-refractivity contribution in [2.45, 2.75) is 6.61 Å². The van der Waals surface area contributed by atoms with Crippen LogP contribution in [0.2, 0.25) is 0 Å². The maximum atomic E-state index is 11.9. The molecule has 0 atom stereocenters. The number of fused-ring (bicyclic) bond motifs is 1. The monoisotopic (exact) mass is 392 g/mol. The number of amides is 1. The number of nitrogens with zero attached hydrogens (tertiary/aromatic N) is 1. The molecule has 3 rings (SSSR count). The fourth-order valence-electron chi connectivity index (χ4n) is 2.11. The third-order valence-corrected chi connectivity index (χ3v) is 3.73. The van der Waals surface area contributed by atoms with Gasteiger partial charge in [0.2, 0.25) is 0 Å². The summed E-state index contributed by atoms with van der Waals surface area (Å²) in [7, 11) is 0. The maximum absolute atomic E-state index is 11.9. The van der Waals surface area contributed by atoms with E-state index in [9.17, 15) is 4.79 Å². The molecular weight excluding hydrogens is 380 g/mol. The lowest BCUT2D eigenvalue weighted by atomic mass is 10.1. The number of nitrogens with one attached hydrogen (secondary N) is 1. The summed E-state index contributed by atoms with van der Waals surface area (Å²) in [5.74, 6) is 0. The van der Waals surface area contributed by atoms with Gasteiger partial charge in [0.15, 0.2) is 0 Å². The van der Waals surface area contributed by atoms with Crippen LogP contribution in [0.25, 0.3) is 10.8 Å². The highest BCUT2D eigenvalue weighted by Gasteiger charge is 2.07. The Kier molecular flexibility index (Phi) is 5.96. The van der Waals surface area contributed by atoms with Gasteiger partial charge < -0.3 is 4.74 Å². The fraction of sp³-hybridized carbons (Fsp3) is 0.0588. The van der Waals surface area contributed by atoms with Crippen molar-refractivity contribution in [3.8, 4) is 0 Å². The van der Waals surface area contributed by atoms with Gasteiger partial charge in [-0.1, -0.05) is 40.2 Å². The Hall–Kier alpha value is -2.11. The molecule has 0 radical (unpaired) electrons. The number of aromatic nitrogens is 1. The van der Waals surface area contributed by atoms with Gasteiger partial charge in [-0.25, -0.2) is 4.79 Å². The van der Waals surface area contributed by atoms with Gasteiger partial charge in [-0.15, -0.1) is 12.4 Å². The van der Waals surface area contributed by atoms with Crippen molar-refractivity contribution in [2.75, 3.05) is 5.32 Å². The molecule has 0 saturated heterocycles. The van der Waals surface area contributed by atoms with E-state index in [4.69, 9.17) is 4.74 Å². The highest BCUT2D eigenvalue weighted by atomic mass is 79.9. The Morgan fingerprint density at radius 1 is 1.13 bits per heavy atom. The van der Waals surface area contributed by atoms with Gasteiger partial charge in [0.05, 0.1) is 5.69 Å². The van der Waals surface area contributed by atoms with Crippen molar-refractivity contribution < 1.29 is 9.53 Å². The van der Waals surface area contributed by atoms with Crippen molar-refractivity contribution in [3.05, 3.63) is 71.0 Å². The molecule has 0 spiro atoms. The Labute approximate surface area is 148 Å². The van der Waals surface area contributed by atoms with Crippen LogP contribution in [0.1, 0.15) is 5.56 Å². The zero-order valence-corrected chi connectivity index (χ0v) is 14.4. The molecule has 1 aromatic heterocycles. The van der Waals surface area contributed by atoms with E-state index in [1.54, 1.807) is 12.4 Å². The van der Waals surface area contributed by atoms with E-state index in [1.807, 2.05) is 48.5 Å². The van der Waals surface area contributed by atoms with Crippen molar-refractivity contribution >= 4 is 50.9 Å². The van der Waals surface area contributed by atoms with Crippen molar-refractivity contribution in [1.29, 1.82) is 0 Å². The van der Waals surface area contributed by atoms with E-state index >= 15 is 0 Å². The van der Waals surface area contributed by atoms with Crippen molar-refractivity contribution in [2.24, 2.45) is 0 Å². The molecule has 0 bridgehead atoms. The van der Waals surface area contributed by atoms with E-state index in [0.717, 1.165) is 20.8 Å². The number of ether oxygens (including phenoxy) is 1. The first-order chi connectivity index (χ1) is 10.7. The predicted octanol–water partition coefficient (Wildman–Crippen LogP) is 5.17. The highest BCUT2D eigenvalue weighted by molar-refractivity contribution is 9.10. The number of halogens is 2. The zero-order valence-electron chi connectivity index (χ0n) is 12.0. The first kappa shape index (κ1) is 17.2. The Morgan fingerprint density at radius 3 is 2.70 bits per heavy atom. The van der Waals surface area contributed by atoms with Crippen molar-refractivity contribution in [1.82, 2.24) is 4.98 Å². The second-order valence-corrected chi connectivity index (χ2v) is 5.65. The molecule has 3 aromatic rings. The van der Waals surface area contributed by atoms with E-state index in [1.165, 1.54) is 0 Å². The second-order valence-electron chi connectivity index (χ2n) is 4.73. The average molecular weight is 394 g/mol. The van der Waals surface area contributed by atoms with Gasteiger partial charge in [0.1, 0.15) is 6.61 Å². The number of rotatable bonds is 3. The minimum Gasteiger partial charge on any atom is -0.444 e. The normalized spacial score (nSPS) is 9.96. The number of anilines is 1. The molecular formula is C17H14BrClN2O2. The fourth-order valence-corrected chi connectivity index (χ4v) is 2.37. The van der Waals surface area contributed by atoms with Crippen LogP contribution in [-0.4, -0.2) is 11.1 Å². The van der Waals surface area contributed by atoms with Crippen LogP contribution >= 0.6 is 28.3 Å². The summed E-state index contributed by atoms with van der Waals surface area (Å²) < 4.78 is 6.23. The highest BCUT2D eigenvalue weighted by Crippen LogP contribution is 2.22. The first-order valence-electron chi connectivity index (χ1n) is 6.73. The van der Waals surface area contributed by atoms with E-state index in [2.05, 4.69) is 26.2 Å². The molecule has 2 aromatic carbocycles. The van der Waals surface area contributed by atoms with Gasteiger partial charge in [0.25, 0.3) is 0 Å². The second kappa shape index (κ2) is 7.94. The van der Waals surface area contributed by atoms with Gasteiger partial charge >= 0.3 is 6.09 Å². The van der Waals surface area contributed by atoms with Crippen LogP contribution < -0.4 is 5.32 Å². The number of hydrogen-bond acceptors (Lipinski definition) is 3. The quantitative estimate of drug-likeness (QED) is 0.668. The summed E-state index contributed by atoms with van der Waals surface area (Å²) in [6.45, 7) is 0.228. The zero-order chi connectivity index (χ0) is 15.4.